The highest BCUT2D eigenvalue weighted by Crippen LogP contribution is 2.37. The summed E-state index contributed by atoms with van der Waals surface area (Å²) in [4.78, 5) is 38.1. The standard InChI is InChI=1S/C33H32N2O6/c34-31(39)35-32(21-29(36)37,28-18-16-27(17-19-28)26-14-8-3-9-15-26)23-33(40,20-24-10-4-1-5-11-24)30(38)41-22-25-12-6-2-7-13-25/h1-19,40H,20-23H2,(H,36,37)(H3,34,35,39)/t32?,33-/m0/s1. The van der Waals surface area contributed by atoms with Gasteiger partial charge in [-0.25, -0.2) is 9.59 Å². The van der Waals surface area contributed by atoms with E-state index in [1.807, 2.05) is 36.4 Å². The molecule has 0 aliphatic rings. The first-order valence-electron chi connectivity index (χ1n) is 13.1. The largest absolute Gasteiger partial charge is 0.481 e. The Kier molecular flexibility index (Phi) is 9.16. The number of carbonyl (C=O) groups excluding carboxylic acids is 2. The van der Waals surface area contributed by atoms with Crippen LogP contribution in [-0.4, -0.2) is 33.8 Å². The van der Waals surface area contributed by atoms with Gasteiger partial charge in [0.05, 0.1) is 12.0 Å². The van der Waals surface area contributed by atoms with Gasteiger partial charge < -0.3 is 26.0 Å². The van der Waals surface area contributed by atoms with Crippen molar-refractivity contribution >= 4 is 18.0 Å². The van der Waals surface area contributed by atoms with Crippen molar-refractivity contribution in [1.29, 1.82) is 0 Å². The lowest BCUT2D eigenvalue weighted by Crippen LogP contribution is -2.56. The number of hydrogen-bond acceptors (Lipinski definition) is 5. The van der Waals surface area contributed by atoms with Crippen molar-refractivity contribution in [1.82, 2.24) is 5.32 Å². The normalized spacial score (nSPS) is 13.8. The van der Waals surface area contributed by atoms with E-state index in [2.05, 4.69) is 5.32 Å². The Morgan fingerprint density at radius 3 is 1.78 bits per heavy atom. The maximum atomic E-state index is 13.6. The van der Waals surface area contributed by atoms with Crippen LogP contribution in [0.2, 0.25) is 0 Å². The number of nitrogens with two attached hydrogens (primary N) is 1. The molecule has 4 aromatic carbocycles. The van der Waals surface area contributed by atoms with Crippen LogP contribution in [0.15, 0.2) is 115 Å². The first-order chi connectivity index (χ1) is 19.7. The van der Waals surface area contributed by atoms with Crippen LogP contribution in [0.3, 0.4) is 0 Å². The Hall–Kier alpha value is -4.95. The van der Waals surface area contributed by atoms with Gasteiger partial charge in [0.1, 0.15) is 6.61 Å². The van der Waals surface area contributed by atoms with E-state index >= 15 is 0 Å². The molecule has 1 unspecified atom stereocenters. The van der Waals surface area contributed by atoms with Crippen LogP contribution in [0.25, 0.3) is 11.1 Å². The highest BCUT2D eigenvalue weighted by atomic mass is 16.5. The average molecular weight is 553 g/mol. The second kappa shape index (κ2) is 12.9. The van der Waals surface area contributed by atoms with Crippen molar-refractivity contribution in [2.24, 2.45) is 5.73 Å². The summed E-state index contributed by atoms with van der Waals surface area (Å²) >= 11 is 0. The fourth-order valence-corrected chi connectivity index (χ4v) is 5.03. The van der Waals surface area contributed by atoms with Crippen LogP contribution in [0.1, 0.15) is 29.5 Å². The first kappa shape index (κ1) is 29.0. The van der Waals surface area contributed by atoms with Gasteiger partial charge in [-0.1, -0.05) is 115 Å². The van der Waals surface area contributed by atoms with Crippen LogP contribution in [-0.2, 0) is 32.9 Å². The van der Waals surface area contributed by atoms with Gasteiger partial charge in [0.15, 0.2) is 5.60 Å². The number of benzene rings is 4. The van der Waals surface area contributed by atoms with E-state index in [4.69, 9.17) is 10.5 Å². The molecular weight excluding hydrogens is 520 g/mol. The highest BCUT2D eigenvalue weighted by Gasteiger charge is 2.49. The van der Waals surface area contributed by atoms with Gasteiger partial charge in [-0.15, -0.1) is 0 Å². The van der Waals surface area contributed by atoms with Crippen molar-refractivity contribution in [3.63, 3.8) is 0 Å². The van der Waals surface area contributed by atoms with Crippen molar-refractivity contribution in [3.05, 3.63) is 132 Å². The van der Waals surface area contributed by atoms with E-state index in [0.29, 0.717) is 16.7 Å². The molecule has 0 radical (unpaired) electrons. The lowest BCUT2D eigenvalue weighted by molar-refractivity contribution is -0.170. The summed E-state index contributed by atoms with van der Waals surface area (Å²) in [5.74, 6) is -2.21. The molecule has 0 saturated carbocycles. The number of ether oxygens (including phenoxy) is 1. The van der Waals surface area contributed by atoms with Crippen LogP contribution in [0, 0.1) is 0 Å². The number of rotatable bonds is 12. The van der Waals surface area contributed by atoms with Gasteiger partial charge in [0.25, 0.3) is 0 Å². The van der Waals surface area contributed by atoms with E-state index in [1.165, 1.54) is 0 Å². The molecule has 4 rings (SSSR count). The fourth-order valence-electron chi connectivity index (χ4n) is 5.03. The Bertz CT molecular complexity index is 1440. The third-order valence-corrected chi connectivity index (χ3v) is 6.89. The van der Waals surface area contributed by atoms with Gasteiger partial charge in [-0.3, -0.25) is 4.79 Å². The van der Waals surface area contributed by atoms with Crippen molar-refractivity contribution in [2.75, 3.05) is 0 Å². The second-order valence-corrected chi connectivity index (χ2v) is 10.0. The predicted molar refractivity (Wildman–Crippen MR) is 154 cm³/mol. The third-order valence-electron chi connectivity index (χ3n) is 6.89. The van der Waals surface area contributed by atoms with Crippen molar-refractivity contribution in [2.45, 2.75) is 37.0 Å². The summed E-state index contributed by atoms with van der Waals surface area (Å²) in [7, 11) is 0. The van der Waals surface area contributed by atoms with Crippen LogP contribution < -0.4 is 11.1 Å². The Labute approximate surface area is 238 Å². The minimum atomic E-state index is -2.23. The maximum Gasteiger partial charge on any atom is 0.338 e. The van der Waals surface area contributed by atoms with Gasteiger partial charge in [0, 0.05) is 12.8 Å². The van der Waals surface area contributed by atoms with Gasteiger partial charge in [0.2, 0.25) is 0 Å². The Balaban J connectivity index is 1.76. The van der Waals surface area contributed by atoms with E-state index in [1.54, 1.807) is 78.9 Å². The van der Waals surface area contributed by atoms with E-state index < -0.39 is 42.0 Å². The number of urea groups is 1. The topological polar surface area (TPSA) is 139 Å². The molecule has 0 aliphatic heterocycles. The zero-order valence-electron chi connectivity index (χ0n) is 22.4. The molecule has 0 aromatic heterocycles. The second-order valence-electron chi connectivity index (χ2n) is 10.0. The number of hydrogen-bond donors (Lipinski definition) is 4. The van der Waals surface area contributed by atoms with Crippen molar-refractivity contribution in [3.8, 4) is 11.1 Å². The molecular formula is C33H32N2O6. The lowest BCUT2D eigenvalue weighted by atomic mass is 9.74. The molecule has 4 aromatic rings. The van der Waals surface area contributed by atoms with Gasteiger partial charge in [-0.05, 0) is 27.8 Å². The number of carboxylic acid groups (broad SMARTS) is 1. The first-order valence-corrected chi connectivity index (χ1v) is 13.1. The number of amides is 2. The molecule has 0 heterocycles. The zero-order valence-corrected chi connectivity index (χ0v) is 22.4. The molecule has 210 valence electrons. The van der Waals surface area contributed by atoms with E-state index in [9.17, 15) is 24.6 Å². The summed E-state index contributed by atoms with van der Waals surface area (Å²) in [5.41, 5.74) is 5.07. The number of primary amides is 1. The highest BCUT2D eigenvalue weighted by molar-refractivity contribution is 5.81. The summed E-state index contributed by atoms with van der Waals surface area (Å²) in [6.07, 6.45) is -1.35. The maximum absolute atomic E-state index is 13.6. The SMILES string of the molecule is NC(=O)NC(CC(=O)O)(C[C@@](O)(Cc1ccccc1)C(=O)OCc1ccccc1)c1ccc(-c2ccccc2)cc1. The lowest BCUT2D eigenvalue weighted by Gasteiger charge is -2.39. The monoisotopic (exact) mass is 552 g/mol. The zero-order chi connectivity index (χ0) is 29.3. The quantitative estimate of drug-likeness (QED) is 0.186. The minimum absolute atomic E-state index is 0.0995. The third kappa shape index (κ3) is 7.58. The van der Waals surface area contributed by atoms with Crippen LogP contribution in [0.5, 0.6) is 0 Å². The smallest absolute Gasteiger partial charge is 0.338 e. The molecule has 2 amide bonds. The summed E-state index contributed by atoms with van der Waals surface area (Å²) in [5, 5.41) is 24.5. The average Bonchev–Trinajstić information content (AvgIpc) is 2.96. The Morgan fingerprint density at radius 2 is 1.24 bits per heavy atom. The number of carbonyl (C=O) groups is 3. The van der Waals surface area contributed by atoms with Crippen LogP contribution in [0.4, 0.5) is 4.79 Å². The summed E-state index contributed by atoms with van der Waals surface area (Å²) in [6.45, 7) is -0.0995. The number of carboxylic acids is 1. The van der Waals surface area contributed by atoms with Crippen LogP contribution >= 0.6 is 0 Å². The molecule has 41 heavy (non-hydrogen) atoms. The number of esters is 1. The Morgan fingerprint density at radius 1 is 0.732 bits per heavy atom. The molecule has 2 atom stereocenters. The molecule has 0 spiro atoms. The number of aliphatic hydroxyl groups is 1. The number of aliphatic carboxylic acids is 1. The van der Waals surface area contributed by atoms with Crippen molar-refractivity contribution < 1.29 is 29.3 Å². The molecule has 0 bridgehead atoms. The van der Waals surface area contributed by atoms with Gasteiger partial charge in [-0.2, -0.15) is 0 Å². The van der Waals surface area contributed by atoms with Gasteiger partial charge >= 0.3 is 18.0 Å². The summed E-state index contributed by atoms with van der Waals surface area (Å²) < 4.78 is 5.55. The summed E-state index contributed by atoms with van der Waals surface area (Å²) in [6, 6.07) is 33.3. The number of nitrogens with one attached hydrogen (secondary N) is 1. The van der Waals surface area contributed by atoms with E-state index in [0.717, 1.165) is 11.1 Å². The fraction of sp³-hybridized carbons (Fsp3) is 0.182. The molecule has 5 N–H and O–H groups in total. The minimum Gasteiger partial charge on any atom is -0.481 e. The molecule has 0 saturated heterocycles. The molecule has 8 nitrogen and oxygen atoms in total. The predicted octanol–water partition coefficient (Wildman–Crippen LogP) is 4.80. The molecule has 8 heteroatoms. The van der Waals surface area contributed by atoms with E-state index in [-0.39, 0.29) is 13.0 Å². The molecule has 0 aliphatic carbocycles. The molecule has 0 fully saturated rings.